The third-order valence-corrected chi connectivity index (χ3v) is 3.06. The Morgan fingerprint density at radius 1 is 1.47 bits per heavy atom. The molecular weight excluding hydrogens is 221 g/mol. The molecule has 1 aromatic carbocycles. The quantitative estimate of drug-likeness (QED) is 0.848. The highest BCUT2D eigenvalue weighted by molar-refractivity contribution is 5.48. The number of rotatable bonds is 4. The Morgan fingerprint density at radius 3 is 2.88 bits per heavy atom. The number of halogens is 1. The van der Waals surface area contributed by atoms with Gasteiger partial charge in [0, 0.05) is 11.8 Å². The SMILES string of the molecule is CCOc1ccc(N[C@@H]2CCC[C@H]2O)cc1F. The van der Waals surface area contributed by atoms with Gasteiger partial charge in [0.1, 0.15) is 0 Å². The Hall–Kier alpha value is -1.29. The molecule has 0 bridgehead atoms. The second-order valence-corrected chi connectivity index (χ2v) is 4.33. The number of ether oxygens (including phenoxy) is 1. The fourth-order valence-electron chi connectivity index (χ4n) is 2.19. The normalized spacial score (nSPS) is 23.7. The van der Waals surface area contributed by atoms with Gasteiger partial charge in [-0.1, -0.05) is 0 Å². The van der Waals surface area contributed by atoms with Gasteiger partial charge in [-0.05, 0) is 38.3 Å². The maximum Gasteiger partial charge on any atom is 0.167 e. The van der Waals surface area contributed by atoms with Gasteiger partial charge in [-0.25, -0.2) is 4.39 Å². The summed E-state index contributed by atoms with van der Waals surface area (Å²) >= 11 is 0. The molecule has 17 heavy (non-hydrogen) atoms. The van der Waals surface area contributed by atoms with E-state index in [9.17, 15) is 9.50 Å². The zero-order valence-corrected chi connectivity index (χ0v) is 9.95. The molecule has 4 heteroatoms. The molecule has 94 valence electrons. The van der Waals surface area contributed by atoms with Crippen LogP contribution in [0.2, 0.25) is 0 Å². The molecule has 1 fully saturated rings. The third kappa shape index (κ3) is 2.88. The van der Waals surface area contributed by atoms with Crippen molar-refractivity contribution in [3.8, 4) is 5.75 Å². The Labute approximate surface area is 101 Å². The van der Waals surface area contributed by atoms with E-state index < -0.39 is 0 Å². The monoisotopic (exact) mass is 239 g/mol. The fraction of sp³-hybridized carbons (Fsp3) is 0.538. The number of aliphatic hydroxyl groups is 1. The van der Waals surface area contributed by atoms with Crippen molar-refractivity contribution in [1.29, 1.82) is 0 Å². The summed E-state index contributed by atoms with van der Waals surface area (Å²) in [6.45, 7) is 2.27. The van der Waals surface area contributed by atoms with Gasteiger partial charge in [0.2, 0.25) is 0 Å². The lowest BCUT2D eigenvalue weighted by atomic mass is 10.2. The lowest BCUT2D eigenvalue weighted by Crippen LogP contribution is -2.27. The number of anilines is 1. The van der Waals surface area contributed by atoms with Crippen LogP contribution in [0.5, 0.6) is 5.75 Å². The summed E-state index contributed by atoms with van der Waals surface area (Å²) in [7, 11) is 0. The number of benzene rings is 1. The molecule has 1 aliphatic carbocycles. The largest absolute Gasteiger partial charge is 0.491 e. The molecule has 0 unspecified atom stereocenters. The molecule has 3 nitrogen and oxygen atoms in total. The molecule has 1 aromatic rings. The van der Waals surface area contributed by atoms with Gasteiger partial charge in [0.05, 0.1) is 18.8 Å². The van der Waals surface area contributed by atoms with E-state index in [2.05, 4.69) is 5.32 Å². The lowest BCUT2D eigenvalue weighted by Gasteiger charge is -2.18. The van der Waals surface area contributed by atoms with E-state index in [0.717, 1.165) is 19.3 Å². The van der Waals surface area contributed by atoms with Crippen molar-refractivity contribution in [3.63, 3.8) is 0 Å². The fourth-order valence-corrected chi connectivity index (χ4v) is 2.19. The van der Waals surface area contributed by atoms with E-state index in [-0.39, 0.29) is 23.7 Å². The van der Waals surface area contributed by atoms with E-state index in [1.807, 2.05) is 6.92 Å². The van der Waals surface area contributed by atoms with Crippen LogP contribution >= 0.6 is 0 Å². The van der Waals surface area contributed by atoms with Crippen molar-refractivity contribution < 1.29 is 14.2 Å². The van der Waals surface area contributed by atoms with Crippen molar-refractivity contribution >= 4 is 5.69 Å². The summed E-state index contributed by atoms with van der Waals surface area (Å²) in [6, 6.07) is 4.84. The smallest absolute Gasteiger partial charge is 0.167 e. The minimum atomic E-state index is -0.371. The average molecular weight is 239 g/mol. The maximum atomic E-state index is 13.6. The highest BCUT2D eigenvalue weighted by Gasteiger charge is 2.24. The molecule has 0 amide bonds. The second kappa shape index (κ2) is 5.36. The summed E-state index contributed by atoms with van der Waals surface area (Å²) in [5.41, 5.74) is 0.692. The highest BCUT2D eigenvalue weighted by Crippen LogP contribution is 2.26. The van der Waals surface area contributed by atoms with Crippen molar-refractivity contribution in [2.45, 2.75) is 38.3 Å². The van der Waals surface area contributed by atoms with E-state index in [0.29, 0.717) is 12.3 Å². The molecule has 0 spiro atoms. The Kier molecular flexibility index (Phi) is 3.84. The second-order valence-electron chi connectivity index (χ2n) is 4.33. The lowest BCUT2D eigenvalue weighted by molar-refractivity contribution is 0.172. The van der Waals surface area contributed by atoms with Crippen molar-refractivity contribution in [2.24, 2.45) is 0 Å². The molecule has 0 aliphatic heterocycles. The van der Waals surface area contributed by atoms with Crippen molar-refractivity contribution in [3.05, 3.63) is 24.0 Å². The van der Waals surface area contributed by atoms with Crippen molar-refractivity contribution in [2.75, 3.05) is 11.9 Å². The molecule has 0 saturated heterocycles. The molecule has 2 atom stereocenters. The molecule has 1 saturated carbocycles. The van der Waals surface area contributed by atoms with Crippen LogP contribution in [0, 0.1) is 5.82 Å². The van der Waals surface area contributed by atoms with Gasteiger partial charge >= 0.3 is 0 Å². The van der Waals surface area contributed by atoms with Crippen LogP contribution in [-0.4, -0.2) is 23.9 Å². The predicted molar refractivity (Wildman–Crippen MR) is 64.8 cm³/mol. The zero-order chi connectivity index (χ0) is 12.3. The Balaban J connectivity index is 2.04. The summed E-state index contributed by atoms with van der Waals surface area (Å²) < 4.78 is 18.7. The predicted octanol–water partition coefficient (Wildman–Crippen LogP) is 2.55. The zero-order valence-electron chi connectivity index (χ0n) is 9.95. The molecule has 2 N–H and O–H groups in total. The van der Waals surface area contributed by atoms with E-state index in [1.54, 1.807) is 12.1 Å². The van der Waals surface area contributed by atoms with Gasteiger partial charge in [-0.15, -0.1) is 0 Å². The molecule has 0 heterocycles. The first-order valence-electron chi connectivity index (χ1n) is 6.07. The van der Waals surface area contributed by atoms with Crippen LogP contribution in [0.4, 0.5) is 10.1 Å². The van der Waals surface area contributed by atoms with Crippen LogP contribution in [-0.2, 0) is 0 Å². The third-order valence-electron chi connectivity index (χ3n) is 3.06. The van der Waals surface area contributed by atoms with Crippen LogP contribution in [0.3, 0.4) is 0 Å². The van der Waals surface area contributed by atoms with E-state index in [1.165, 1.54) is 6.07 Å². The van der Waals surface area contributed by atoms with Crippen LogP contribution < -0.4 is 10.1 Å². The van der Waals surface area contributed by atoms with E-state index in [4.69, 9.17) is 4.74 Å². The number of aliphatic hydroxyl groups excluding tert-OH is 1. The Bertz CT molecular complexity index is 384. The minimum Gasteiger partial charge on any atom is -0.491 e. The highest BCUT2D eigenvalue weighted by atomic mass is 19.1. The van der Waals surface area contributed by atoms with Gasteiger partial charge in [-0.2, -0.15) is 0 Å². The molecule has 0 radical (unpaired) electrons. The summed E-state index contributed by atoms with van der Waals surface area (Å²) in [5.74, 6) is -0.102. The van der Waals surface area contributed by atoms with Gasteiger partial charge in [-0.3, -0.25) is 0 Å². The molecule has 2 rings (SSSR count). The molecular formula is C13H18FNO2. The first-order chi connectivity index (χ1) is 8.20. The van der Waals surface area contributed by atoms with Crippen LogP contribution in [0.15, 0.2) is 18.2 Å². The first kappa shape index (κ1) is 12.2. The Morgan fingerprint density at radius 2 is 2.29 bits per heavy atom. The maximum absolute atomic E-state index is 13.6. The molecule has 1 aliphatic rings. The minimum absolute atomic E-state index is 0.0346. The van der Waals surface area contributed by atoms with Gasteiger partial charge in [0.25, 0.3) is 0 Å². The standard InChI is InChI=1S/C13H18FNO2/c1-2-17-13-7-6-9(8-10(13)14)15-11-4-3-5-12(11)16/h6-8,11-12,15-16H,2-5H2,1H3/t11-,12-/m1/s1. The topological polar surface area (TPSA) is 41.5 Å². The molecule has 0 aromatic heterocycles. The number of nitrogens with one attached hydrogen (secondary N) is 1. The summed E-state index contributed by atoms with van der Waals surface area (Å²) in [4.78, 5) is 0. The number of hydrogen-bond donors (Lipinski definition) is 2. The first-order valence-corrected chi connectivity index (χ1v) is 6.07. The summed E-state index contributed by atoms with van der Waals surface area (Å²) in [5, 5.41) is 12.8. The number of hydrogen-bond acceptors (Lipinski definition) is 3. The van der Waals surface area contributed by atoms with E-state index >= 15 is 0 Å². The average Bonchev–Trinajstić information content (AvgIpc) is 2.69. The van der Waals surface area contributed by atoms with Crippen LogP contribution in [0.25, 0.3) is 0 Å². The van der Waals surface area contributed by atoms with Gasteiger partial charge < -0.3 is 15.2 Å². The van der Waals surface area contributed by atoms with Crippen LogP contribution in [0.1, 0.15) is 26.2 Å². The van der Waals surface area contributed by atoms with Gasteiger partial charge in [0.15, 0.2) is 11.6 Å². The summed E-state index contributed by atoms with van der Waals surface area (Å²) in [6.07, 6.45) is 2.43. The van der Waals surface area contributed by atoms with Crippen molar-refractivity contribution in [1.82, 2.24) is 0 Å².